The molecule has 20 heavy (non-hydrogen) atoms. The van der Waals surface area contributed by atoms with Crippen LogP contribution in [0.15, 0.2) is 18.2 Å². The molecule has 0 saturated carbocycles. The fourth-order valence-corrected chi connectivity index (χ4v) is 2.02. The highest BCUT2D eigenvalue weighted by atomic mass is 35.5. The highest BCUT2D eigenvalue weighted by molar-refractivity contribution is 6.31. The molecule has 4 nitrogen and oxygen atoms in total. The number of ketones is 1. The molecule has 1 unspecified atom stereocenters. The Kier molecular flexibility index (Phi) is 6.39. The lowest BCUT2D eigenvalue weighted by atomic mass is 9.96. The maximum Gasteiger partial charge on any atom is 0.148 e. The van der Waals surface area contributed by atoms with Crippen molar-refractivity contribution >= 4 is 35.1 Å². The van der Waals surface area contributed by atoms with Crippen LogP contribution < -0.4 is 5.32 Å². The van der Waals surface area contributed by atoms with Gasteiger partial charge in [0.25, 0.3) is 0 Å². The van der Waals surface area contributed by atoms with Crippen molar-refractivity contribution in [3.05, 3.63) is 28.8 Å². The van der Waals surface area contributed by atoms with E-state index < -0.39 is 0 Å². The molecule has 1 rings (SSSR count). The molecule has 0 saturated heterocycles. The molecule has 0 aliphatic carbocycles. The van der Waals surface area contributed by atoms with Crippen LogP contribution in [0.5, 0.6) is 0 Å². The van der Waals surface area contributed by atoms with Crippen LogP contribution in [0.4, 0.5) is 5.69 Å². The van der Waals surface area contributed by atoms with Crippen molar-refractivity contribution in [3.8, 4) is 0 Å². The monoisotopic (exact) mass is 294 g/mol. The molecule has 1 aromatic rings. The van der Waals surface area contributed by atoms with E-state index in [1.165, 1.54) is 6.92 Å². The van der Waals surface area contributed by atoms with Crippen LogP contribution in [0.3, 0.4) is 0 Å². The number of aldehydes is 1. The molecule has 0 radical (unpaired) electrons. The lowest BCUT2D eigenvalue weighted by molar-refractivity contribution is -0.115. The summed E-state index contributed by atoms with van der Waals surface area (Å²) >= 11 is 5.97. The van der Waals surface area contributed by atoms with Crippen LogP contribution in [-0.4, -0.2) is 24.3 Å². The van der Waals surface area contributed by atoms with Gasteiger partial charge in [-0.25, -0.2) is 0 Å². The molecule has 0 aromatic heterocycles. The number of rotatable bonds is 8. The van der Waals surface area contributed by atoms with Crippen molar-refractivity contribution in [2.24, 2.45) is 5.92 Å². The number of anilines is 1. The van der Waals surface area contributed by atoms with E-state index in [-0.39, 0.29) is 18.2 Å². The van der Waals surface area contributed by atoms with Gasteiger partial charge < -0.3 is 15.5 Å². The van der Waals surface area contributed by atoms with Crippen LogP contribution in [-0.2, 0) is 9.59 Å². The average Bonchev–Trinajstić information content (AvgIpc) is 2.37. The van der Waals surface area contributed by atoms with Gasteiger partial charge in [0.2, 0.25) is 0 Å². The number of Topliss-reactive ketones (excluding diaryl/α,β-unsaturated/α-hetero) is 1. The van der Waals surface area contributed by atoms with Crippen LogP contribution in [0.1, 0.15) is 32.3 Å². The van der Waals surface area contributed by atoms with E-state index in [0.29, 0.717) is 34.8 Å². The lowest BCUT2D eigenvalue weighted by Crippen LogP contribution is -2.14. The van der Waals surface area contributed by atoms with Crippen molar-refractivity contribution in [1.82, 2.24) is 0 Å². The van der Waals surface area contributed by atoms with Crippen LogP contribution in [0, 0.1) is 11.3 Å². The SMILES string of the molecule is CC(=O)CNc1ccc(Cl)cc1C(=N)CC(C)CC=O. The third-order valence-electron chi connectivity index (χ3n) is 2.89. The third kappa shape index (κ3) is 5.13. The Morgan fingerprint density at radius 3 is 2.80 bits per heavy atom. The Balaban J connectivity index is 2.90. The zero-order chi connectivity index (χ0) is 15.1. The normalized spacial score (nSPS) is 11.8. The first kappa shape index (κ1) is 16.4. The summed E-state index contributed by atoms with van der Waals surface area (Å²) in [5.41, 5.74) is 1.80. The molecular formula is C15H19ClN2O2. The average molecular weight is 295 g/mol. The summed E-state index contributed by atoms with van der Waals surface area (Å²) < 4.78 is 0. The molecule has 5 heteroatoms. The predicted molar refractivity (Wildman–Crippen MR) is 81.9 cm³/mol. The van der Waals surface area contributed by atoms with Gasteiger partial charge in [0.15, 0.2) is 0 Å². The predicted octanol–water partition coefficient (Wildman–Crippen LogP) is 3.32. The number of nitrogens with one attached hydrogen (secondary N) is 2. The van der Waals surface area contributed by atoms with E-state index in [1.54, 1.807) is 18.2 Å². The topological polar surface area (TPSA) is 70.0 Å². The minimum atomic E-state index is 0.0201. The summed E-state index contributed by atoms with van der Waals surface area (Å²) in [5, 5.41) is 11.7. The van der Waals surface area contributed by atoms with Gasteiger partial charge in [-0.2, -0.15) is 0 Å². The first-order valence-electron chi connectivity index (χ1n) is 6.48. The summed E-state index contributed by atoms with van der Waals surface area (Å²) in [6.45, 7) is 3.64. The first-order chi connectivity index (χ1) is 9.43. The second-order valence-electron chi connectivity index (χ2n) is 4.94. The highest BCUT2D eigenvalue weighted by Crippen LogP contribution is 2.23. The zero-order valence-electron chi connectivity index (χ0n) is 11.7. The van der Waals surface area contributed by atoms with Gasteiger partial charge in [0.05, 0.1) is 6.54 Å². The Hall–Kier alpha value is -1.68. The Labute approximate surface area is 124 Å². The standard InChI is InChI=1S/C15H19ClN2O2/c1-10(5-6-19)7-14(17)13-8-12(16)3-4-15(13)18-9-11(2)20/h3-4,6,8,10,17-18H,5,7,9H2,1-2H3. The molecule has 0 bridgehead atoms. The number of benzene rings is 1. The summed E-state index contributed by atoms with van der Waals surface area (Å²) in [5.74, 6) is 0.131. The molecule has 1 atom stereocenters. The molecule has 0 spiro atoms. The summed E-state index contributed by atoms with van der Waals surface area (Å²) in [7, 11) is 0. The molecule has 108 valence electrons. The molecule has 2 N–H and O–H groups in total. The molecule has 0 fully saturated rings. The zero-order valence-corrected chi connectivity index (χ0v) is 12.5. The second-order valence-corrected chi connectivity index (χ2v) is 5.37. The van der Waals surface area contributed by atoms with E-state index in [9.17, 15) is 9.59 Å². The van der Waals surface area contributed by atoms with Crippen molar-refractivity contribution in [1.29, 1.82) is 5.41 Å². The van der Waals surface area contributed by atoms with Crippen molar-refractivity contribution in [2.75, 3.05) is 11.9 Å². The summed E-state index contributed by atoms with van der Waals surface area (Å²) in [6.07, 6.45) is 1.79. The minimum absolute atomic E-state index is 0.0201. The highest BCUT2D eigenvalue weighted by Gasteiger charge is 2.12. The maximum absolute atomic E-state index is 11.0. The molecule has 0 aliphatic rings. The van der Waals surface area contributed by atoms with Crippen LogP contribution in [0.2, 0.25) is 5.02 Å². The number of carbonyl (C=O) groups excluding carboxylic acids is 2. The van der Waals surface area contributed by atoms with Gasteiger partial charge in [-0.3, -0.25) is 4.79 Å². The number of carbonyl (C=O) groups is 2. The number of hydrogen-bond donors (Lipinski definition) is 2. The molecular weight excluding hydrogens is 276 g/mol. The van der Waals surface area contributed by atoms with E-state index in [4.69, 9.17) is 17.0 Å². The summed E-state index contributed by atoms with van der Waals surface area (Å²) in [6, 6.07) is 5.19. The number of hydrogen-bond acceptors (Lipinski definition) is 4. The van der Waals surface area contributed by atoms with E-state index in [0.717, 1.165) is 6.29 Å². The fraction of sp³-hybridized carbons (Fsp3) is 0.400. The molecule has 0 amide bonds. The number of halogens is 1. The van der Waals surface area contributed by atoms with Gasteiger partial charge in [-0.05, 0) is 37.5 Å². The van der Waals surface area contributed by atoms with Crippen molar-refractivity contribution in [2.45, 2.75) is 26.7 Å². The summed E-state index contributed by atoms with van der Waals surface area (Å²) in [4.78, 5) is 21.5. The quantitative estimate of drug-likeness (QED) is 0.571. The van der Waals surface area contributed by atoms with Gasteiger partial charge >= 0.3 is 0 Å². The third-order valence-corrected chi connectivity index (χ3v) is 3.12. The van der Waals surface area contributed by atoms with Crippen molar-refractivity contribution in [3.63, 3.8) is 0 Å². The smallest absolute Gasteiger partial charge is 0.148 e. The van der Waals surface area contributed by atoms with Crippen molar-refractivity contribution < 1.29 is 9.59 Å². The van der Waals surface area contributed by atoms with Gasteiger partial charge in [-0.15, -0.1) is 0 Å². The molecule has 0 heterocycles. The van der Waals surface area contributed by atoms with E-state index in [1.807, 2.05) is 6.92 Å². The Morgan fingerprint density at radius 1 is 1.50 bits per heavy atom. The first-order valence-corrected chi connectivity index (χ1v) is 6.86. The van der Waals surface area contributed by atoms with Crippen LogP contribution >= 0.6 is 11.6 Å². The van der Waals surface area contributed by atoms with Gasteiger partial charge in [0, 0.05) is 28.4 Å². The fourth-order valence-electron chi connectivity index (χ4n) is 1.85. The Morgan fingerprint density at radius 2 is 2.20 bits per heavy atom. The van der Waals surface area contributed by atoms with Gasteiger partial charge in [-0.1, -0.05) is 18.5 Å². The minimum Gasteiger partial charge on any atom is -0.377 e. The second kappa shape index (κ2) is 7.80. The maximum atomic E-state index is 11.0. The molecule has 0 aliphatic heterocycles. The Bertz CT molecular complexity index is 515. The van der Waals surface area contributed by atoms with E-state index >= 15 is 0 Å². The molecule has 1 aromatic carbocycles. The van der Waals surface area contributed by atoms with Crippen LogP contribution in [0.25, 0.3) is 0 Å². The largest absolute Gasteiger partial charge is 0.377 e. The lowest BCUT2D eigenvalue weighted by Gasteiger charge is -2.15. The van der Waals surface area contributed by atoms with E-state index in [2.05, 4.69) is 5.32 Å². The van der Waals surface area contributed by atoms with Gasteiger partial charge in [0.1, 0.15) is 12.1 Å².